The van der Waals surface area contributed by atoms with Crippen molar-refractivity contribution in [1.82, 2.24) is 10.2 Å². The Hall–Kier alpha value is -2.25. The fourth-order valence-corrected chi connectivity index (χ4v) is 5.35. The number of alkyl carbamates (subject to hydrolysis) is 1. The Morgan fingerprint density at radius 3 is 2.68 bits per heavy atom. The molecule has 2 saturated heterocycles. The lowest BCUT2D eigenvalue weighted by Gasteiger charge is -2.44. The van der Waals surface area contributed by atoms with Crippen molar-refractivity contribution >= 4 is 12.0 Å². The van der Waals surface area contributed by atoms with Gasteiger partial charge in [0.25, 0.3) is 0 Å². The number of carbonyl (C=O) groups is 2. The molecule has 28 heavy (non-hydrogen) atoms. The van der Waals surface area contributed by atoms with E-state index in [4.69, 9.17) is 4.74 Å². The van der Waals surface area contributed by atoms with Gasteiger partial charge in [0, 0.05) is 24.4 Å². The van der Waals surface area contributed by atoms with Crippen molar-refractivity contribution in [3.8, 4) is 0 Å². The topological polar surface area (TPSA) is 58.6 Å². The van der Waals surface area contributed by atoms with Gasteiger partial charge < -0.3 is 15.0 Å². The fourth-order valence-electron chi connectivity index (χ4n) is 5.35. The summed E-state index contributed by atoms with van der Waals surface area (Å²) in [6.07, 6.45) is -2.05. The zero-order valence-corrected chi connectivity index (χ0v) is 15.2. The number of nitrogens with zero attached hydrogens (tertiary/aromatic N) is 1. The summed E-state index contributed by atoms with van der Waals surface area (Å²) in [7, 11) is 0. The second-order valence-electron chi connectivity index (χ2n) is 8.76. The van der Waals surface area contributed by atoms with Crippen molar-refractivity contribution in [2.24, 2.45) is 11.8 Å². The molecule has 8 heteroatoms. The number of rotatable bonds is 2. The van der Waals surface area contributed by atoms with Crippen LogP contribution in [0, 0.1) is 11.8 Å². The lowest BCUT2D eigenvalue weighted by atomic mass is 9.68. The lowest BCUT2D eigenvalue weighted by molar-refractivity contribution is -0.142. The maximum Gasteiger partial charge on any atom is 0.416 e. The molecule has 5 rings (SSSR count). The van der Waals surface area contributed by atoms with Gasteiger partial charge in [0.1, 0.15) is 6.61 Å². The molecular formula is C20H21F3N2O3. The zero-order valence-electron chi connectivity index (χ0n) is 15.2. The van der Waals surface area contributed by atoms with Gasteiger partial charge >= 0.3 is 12.3 Å². The number of carbonyl (C=O) groups excluding carboxylic acids is 2. The summed E-state index contributed by atoms with van der Waals surface area (Å²) in [5, 5.41) is 2.79. The zero-order chi connectivity index (χ0) is 19.7. The van der Waals surface area contributed by atoms with Crippen molar-refractivity contribution in [3.05, 3.63) is 35.4 Å². The molecule has 1 aromatic carbocycles. The quantitative estimate of drug-likeness (QED) is 0.839. The first kappa shape index (κ1) is 17.8. The van der Waals surface area contributed by atoms with Gasteiger partial charge in [-0.2, -0.15) is 13.2 Å². The van der Waals surface area contributed by atoms with E-state index in [1.54, 1.807) is 6.07 Å². The summed E-state index contributed by atoms with van der Waals surface area (Å²) in [6, 6.07) is 5.64. The molecule has 0 bridgehead atoms. The molecule has 0 radical (unpaired) electrons. The molecule has 150 valence electrons. The van der Waals surface area contributed by atoms with Crippen LogP contribution in [0.15, 0.2) is 24.3 Å². The van der Waals surface area contributed by atoms with E-state index in [1.165, 1.54) is 12.1 Å². The van der Waals surface area contributed by atoms with Crippen LogP contribution in [-0.2, 0) is 21.1 Å². The van der Waals surface area contributed by atoms with Gasteiger partial charge in [-0.1, -0.05) is 18.2 Å². The third-order valence-corrected chi connectivity index (χ3v) is 7.05. The Bertz CT molecular complexity index is 849. The van der Waals surface area contributed by atoms with Gasteiger partial charge in [-0.05, 0) is 43.2 Å². The molecule has 4 fully saturated rings. The maximum atomic E-state index is 13.0. The number of piperidine rings is 1. The van der Waals surface area contributed by atoms with E-state index >= 15 is 0 Å². The molecule has 1 N–H and O–H groups in total. The molecule has 2 unspecified atom stereocenters. The Labute approximate surface area is 160 Å². The number of fused-ring (bicyclic) bond motifs is 1. The van der Waals surface area contributed by atoms with Crippen molar-refractivity contribution in [3.63, 3.8) is 0 Å². The highest BCUT2D eigenvalue weighted by Crippen LogP contribution is 2.60. The van der Waals surface area contributed by atoms with Crippen molar-refractivity contribution < 1.29 is 27.5 Å². The van der Waals surface area contributed by atoms with E-state index in [2.05, 4.69) is 5.32 Å². The molecule has 2 aliphatic carbocycles. The highest BCUT2D eigenvalue weighted by molar-refractivity contribution is 5.82. The molecule has 2 atom stereocenters. The lowest BCUT2D eigenvalue weighted by Crippen LogP contribution is -2.58. The third kappa shape index (κ3) is 2.68. The van der Waals surface area contributed by atoms with Crippen molar-refractivity contribution in [2.75, 3.05) is 19.7 Å². The highest BCUT2D eigenvalue weighted by Gasteiger charge is 2.60. The monoisotopic (exact) mass is 394 g/mol. The molecule has 2 saturated carbocycles. The number of likely N-dealkylation sites (tertiary alicyclic amines) is 1. The van der Waals surface area contributed by atoms with E-state index < -0.39 is 17.8 Å². The van der Waals surface area contributed by atoms with E-state index in [9.17, 15) is 22.8 Å². The van der Waals surface area contributed by atoms with Crippen LogP contribution in [0.1, 0.15) is 36.8 Å². The maximum absolute atomic E-state index is 13.0. The van der Waals surface area contributed by atoms with E-state index in [1.807, 2.05) is 4.90 Å². The van der Waals surface area contributed by atoms with E-state index in [0.29, 0.717) is 39.0 Å². The van der Waals surface area contributed by atoms with Crippen LogP contribution in [-0.4, -0.2) is 42.1 Å². The van der Waals surface area contributed by atoms with Gasteiger partial charge in [0.15, 0.2) is 0 Å². The van der Waals surface area contributed by atoms with Crippen molar-refractivity contribution in [1.29, 1.82) is 0 Å². The first-order valence-electron chi connectivity index (χ1n) is 9.62. The minimum absolute atomic E-state index is 0.0938. The van der Waals surface area contributed by atoms with E-state index in [-0.39, 0.29) is 28.7 Å². The summed E-state index contributed by atoms with van der Waals surface area (Å²) in [6.45, 7) is 1.48. The van der Waals surface area contributed by atoms with Gasteiger partial charge in [0.2, 0.25) is 5.91 Å². The van der Waals surface area contributed by atoms with Crippen LogP contribution in [0.25, 0.3) is 0 Å². The van der Waals surface area contributed by atoms with Crippen LogP contribution < -0.4 is 5.32 Å². The average Bonchev–Trinajstić information content (AvgIpc) is 3.25. The Morgan fingerprint density at radius 2 is 2.04 bits per heavy atom. The number of ether oxygens (including phenoxy) is 1. The number of benzene rings is 1. The minimum atomic E-state index is -4.34. The number of amides is 2. The SMILES string of the molecule is O=C1NC2(CO1)CC(C(=O)N1CCC3(c4cccc(C(F)(F)F)c4)CC3C1)C2. The average molecular weight is 394 g/mol. The summed E-state index contributed by atoms with van der Waals surface area (Å²) in [5.41, 5.74) is -0.460. The second-order valence-corrected chi connectivity index (χ2v) is 8.76. The normalized spacial score (nSPS) is 36.4. The number of nitrogens with one attached hydrogen (secondary N) is 1. The highest BCUT2D eigenvalue weighted by atomic mass is 19.4. The number of halogens is 3. The number of alkyl halides is 3. The van der Waals surface area contributed by atoms with Gasteiger partial charge in [0.05, 0.1) is 11.1 Å². The Morgan fingerprint density at radius 1 is 1.25 bits per heavy atom. The van der Waals surface area contributed by atoms with Crippen LogP contribution in [0.3, 0.4) is 0 Å². The number of hydrogen-bond donors (Lipinski definition) is 1. The van der Waals surface area contributed by atoms with Crippen molar-refractivity contribution in [2.45, 2.75) is 42.8 Å². The summed E-state index contributed by atoms with van der Waals surface area (Å²) in [4.78, 5) is 25.9. The smallest absolute Gasteiger partial charge is 0.416 e. The molecular weight excluding hydrogens is 373 g/mol. The third-order valence-electron chi connectivity index (χ3n) is 7.05. The molecule has 1 aromatic rings. The molecule has 1 spiro atoms. The predicted octanol–water partition coefficient (Wildman–Crippen LogP) is 3.08. The molecule has 2 heterocycles. The summed E-state index contributed by atoms with van der Waals surface area (Å²) in [5.74, 6) is 0.204. The largest absolute Gasteiger partial charge is 0.447 e. The van der Waals surface area contributed by atoms with Gasteiger partial charge in [-0.15, -0.1) is 0 Å². The van der Waals surface area contributed by atoms with Gasteiger partial charge in [-0.3, -0.25) is 4.79 Å². The van der Waals surface area contributed by atoms with E-state index in [0.717, 1.165) is 18.1 Å². The first-order valence-corrected chi connectivity index (χ1v) is 9.62. The van der Waals surface area contributed by atoms with Gasteiger partial charge in [-0.25, -0.2) is 4.79 Å². The second kappa shape index (κ2) is 5.64. The Balaban J connectivity index is 1.23. The molecule has 0 aromatic heterocycles. The fraction of sp³-hybridized carbons (Fsp3) is 0.600. The first-order chi connectivity index (χ1) is 13.2. The molecule has 2 aliphatic heterocycles. The van der Waals surface area contributed by atoms with Crippen LogP contribution in [0.4, 0.5) is 18.0 Å². The van der Waals surface area contributed by atoms with Crippen LogP contribution >= 0.6 is 0 Å². The Kier molecular flexibility index (Phi) is 3.59. The summed E-state index contributed by atoms with van der Waals surface area (Å²) < 4.78 is 44.1. The molecule has 4 aliphatic rings. The number of hydrogen-bond acceptors (Lipinski definition) is 3. The molecule has 2 amide bonds. The number of cyclic esters (lactones) is 1. The predicted molar refractivity (Wildman–Crippen MR) is 92.4 cm³/mol. The summed E-state index contributed by atoms with van der Waals surface area (Å²) >= 11 is 0. The minimum Gasteiger partial charge on any atom is -0.447 e. The van der Waals surface area contributed by atoms with Crippen LogP contribution in [0.5, 0.6) is 0 Å². The molecule has 5 nitrogen and oxygen atoms in total. The standard InChI is InChI=1S/C20H21F3N2O3/c21-20(22,23)14-3-1-2-13(6-14)19-4-5-25(10-15(19)9-19)16(26)12-7-18(8-12)11-28-17(27)24-18/h1-3,6,12,15H,4-5,7-11H2,(H,24,27). The van der Waals surface area contributed by atoms with Crippen LogP contribution in [0.2, 0.25) is 0 Å².